The molecule has 1 N–H and O–H groups in total. The molecule has 142 valence electrons. The Bertz CT molecular complexity index is 1080. The van der Waals surface area contributed by atoms with Crippen LogP contribution < -0.4 is 5.32 Å². The van der Waals surface area contributed by atoms with Crippen LogP contribution in [-0.2, 0) is 4.79 Å². The number of benzene rings is 1. The van der Waals surface area contributed by atoms with Crippen molar-refractivity contribution in [3.8, 4) is 5.82 Å². The van der Waals surface area contributed by atoms with E-state index in [2.05, 4.69) is 15.4 Å². The Morgan fingerprint density at radius 2 is 2.04 bits per heavy atom. The summed E-state index contributed by atoms with van der Waals surface area (Å²) in [7, 11) is 0. The van der Waals surface area contributed by atoms with E-state index in [1.165, 1.54) is 6.20 Å². The Labute approximate surface area is 164 Å². The summed E-state index contributed by atoms with van der Waals surface area (Å²) >= 11 is 0.977. The average molecular weight is 395 g/mol. The summed E-state index contributed by atoms with van der Waals surface area (Å²) in [5.74, 6) is 0.254. The topological polar surface area (TPSA) is 97.2 Å². The predicted molar refractivity (Wildman–Crippen MR) is 106 cm³/mol. The summed E-state index contributed by atoms with van der Waals surface area (Å²) < 4.78 is 1.62. The quantitative estimate of drug-likeness (QED) is 0.711. The zero-order valence-electron chi connectivity index (χ0n) is 15.1. The molecule has 1 aromatic carbocycles. The number of amides is 3. The number of rotatable bonds is 5. The lowest BCUT2D eigenvalue weighted by atomic mass is 10.2. The molecule has 0 atom stereocenters. The predicted octanol–water partition coefficient (Wildman–Crippen LogP) is 2.15. The first-order valence-electron chi connectivity index (χ1n) is 8.71. The summed E-state index contributed by atoms with van der Waals surface area (Å²) in [5, 5.41) is 7.78. The van der Waals surface area contributed by atoms with Crippen molar-refractivity contribution >= 4 is 39.7 Å². The van der Waals surface area contributed by atoms with Gasteiger partial charge in [0.1, 0.15) is 0 Å². The summed E-state index contributed by atoms with van der Waals surface area (Å²) in [6.45, 7) is 2.15. The molecule has 0 saturated carbocycles. The number of thioether (sulfide) groups is 1. The van der Waals surface area contributed by atoms with E-state index in [0.717, 1.165) is 27.6 Å². The minimum Gasteiger partial charge on any atom is -0.350 e. The van der Waals surface area contributed by atoms with Crippen molar-refractivity contribution in [1.82, 2.24) is 25.0 Å². The molecule has 0 unspecified atom stereocenters. The third-order valence-corrected chi connectivity index (χ3v) is 5.38. The minimum absolute atomic E-state index is 0.163. The number of para-hydroxylation sites is 1. The Morgan fingerprint density at radius 3 is 2.82 bits per heavy atom. The number of aromatic nitrogens is 3. The molecule has 1 aliphatic rings. The number of carbonyl (C=O) groups is 3. The molecular formula is C19H17N5O3S. The molecule has 1 aliphatic heterocycles. The van der Waals surface area contributed by atoms with Crippen LogP contribution in [0.3, 0.4) is 0 Å². The molecule has 3 heterocycles. The monoisotopic (exact) mass is 395 g/mol. The second-order valence-electron chi connectivity index (χ2n) is 6.27. The molecule has 8 nitrogen and oxygen atoms in total. The van der Waals surface area contributed by atoms with E-state index in [4.69, 9.17) is 0 Å². The second kappa shape index (κ2) is 7.43. The normalized spacial score (nSPS) is 14.1. The van der Waals surface area contributed by atoms with Gasteiger partial charge in [-0.25, -0.2) is 9.67 Å². The van der Waals surface area contributed by atoms with Crippen LogP contribution in [0.2, 0.25) is 0 Å². The van der Waals surface area contributed by atoms with Crippen LogP contribution in [0, 0.1) is 6.92 Å². The fourth-order valence-corrected chi connectivity index (χ4v) is 3.76. The fourth-order valence-electron chi connectivity index (χ4n) is 3.01. The van der Waals surface area contributed by atoms with Crippen molar-refractivity contribution in [1.29, 1.82) is 0 Å². The molecule has 0 radical (unpaired) electrons. The van der Waals surface area contributed by atoms with Crippen molar-refractivity contribution in [3.05, 3.63) is 53.9 Å². The van der Waals surface area contributed by atoms with Gasteiger partial charge in [-0.2, -0.15) is 5.10 Å². The number of imide groups is 1. The zero-order valence-corrected chi connectivity index (χ0v) is 15.9. The van der Waals surface area contributed by atoms with E-state index in [1.54, 1.807) is 11.6 Å². The second-order valence-corrected chi connectivity index (χ2v) is 7.20. The first kappa shape index (κ1) is 18.2. The number of pyridine rings is 1. The molecule has 1 saturated heterocycles. The van der Waals surface area contributed by atoms with E-state index in [0.29, 0.717) is 17.1 Å². The molecule has 4 rings (SSSR count). The molecule has 9 heteroatoms. The van der Waals surface area contributed by atoms with Gasteiger partial charge in [-0.05, 0) is 25.1 Å². The van der Waals surface area contributed by atoms with E-state index < -0.39 is 0 Å². The van der Waals surface area contributed by atoms with Gasteiger partial charge in [-0.15, -0.1) is 0 Å². The minimum atomic E-state index is -0.309. The van der Waals surface area contributed by atoms with Gasteiger partial charge in [0.25, 0.3) is 11.1 Å². The van der Waals surface area contributed by atoms with E-state index in [9.17, 15) is 14.4 Å². The molecular weight excluding hydrogens is 378 g/mol. The van der Waals surface area contributed by atoms with E-state index in [1.807, 2.05) is 36.4 Å². The third kappa shape index (κ3) is 3.36. The summed E-state index contributed by atoms with van der Waals surface area (Å²) in [6, 6.07) is 11.6. The molecule has 28 heavy (non-hydrogen) atoms. The van der Waals surface area contributed by atoms with E-state index >= 15 is 0 Å². The van der Waals surface area contributed by atoms with Crippen LogP contribution in [-0.4, -0.2) is 55.6 Å². The van der Waals surface area contributed by atoms with Crippen molar-refractivity contribution in [2.75, 3.05) is 18.8 Å². The average Bonchev–Trinajstić information content (AvgIpc) is 3.24. The summed E-state index contributed by atoms with van der Waals surface area (Å²) in [4.78, 5) is 41.4. The van der Waals surface area contributed by atoms with Gasteiger partial charge in [-0.3, -0.25) is 19.3 Å². The lowest BCUT2D eigenvalue weighted by Crippen LogP contribution is -2.37. The highest BCUT2D eigenvalue weighted by atomic mass is 32.2. The molecule has 1 fully saturated rings. The van der Waals surface area contributed by atoms with Gasteiger partial charge in [-0.1, -0.05) is 30.0 Å². The van der Waals surface area contributed by atoms with Crippen molar-refractivity contribution < 1.29 is 14.4 Å². The molecule has 3 aromatic rings. The van der Waals surface area contributed by atoms with Crippen LogP contribution >= 0.6 is 11.8 Å². The maximum absolute atomic E-state index is 12.5. The lowest BCUT2D eigenvalue weighted by Gasteiger charge is -2.13. The Kier molecular flexibility index (Phi) is 4.82. The number of nitrogens with one attached hydrogen (secondary N) is 1. The van der Waals surface area contributed by atoms with Crippen LogP contribution in [0.15, 0.2) is 42.6 Å². The van der Waals surface area contributed by atoms with E-state index in [-0.39, 0.29) is 35.9 Å². The first-order chi connectivity index (χ1) is 13.5. The smallest absolute Gasteiger partial charge is 0.288 e. The van der Waals surface area contributed by atoms with Gasteiger partial charge < -0.3 is 5.32 Å². The van der Waals surface area contributed by atoms with Gasteiger partial charge >= 0.3 is 0 Å². The molecule has 2 aromatic heterocycles. The van der Waals surface area contributed by atoms with Crippen LogP contribution in [0.4, 0.5) is 4.79 Å². The third-order valence-electron chi connectivity index (χ3n) is 4.52. The number of hydrogen-bond acceptors (Lipinski definition) is 6. The molecule has 0 spiro atoms. The number of nitrogens with zero attached hydrogens (tertiary/aromatic N) is 4. The molecule has 0 bridgehead atoms. The SMILES string of the molecule is Cc1c(C(=O)NCCN2C(=O)CSC2=O)cnn1-c1ccc2ccccc2n1. The van der Waals surface area contributed by atoms with Gasteiger partial charge in [0.15, 0.2) is 5.82 Å². The Morgan fingerprint density at radius 1 is 1.21 bits per heavy atom. The number of hydrogen-bond donors (Lipinski definition) is 1. The highest BCUT2D eigenvalue weighted by Gasteiger charge is 2.29. The van der Waals surface area contributed by atoms with Crippen molar-refractivity contribution in [2.24, 2.45) is 0 Å². The molecule has 0 aliphatic carbocycles. The lowest BCUT2D eigenvalue weighted by molar-refractivity contribution is -0.124. The fraction of sp³-hybridized carbons (Fsp3) is 0.211. The molecule has 3 amide bonds. The van der Waals surface area contributed by atoms with Gasteiger partial charge in [0.05, 0.1) is 28.7 Å². The first-order valence-corrected chi connectivity index (χ1v) is 9.69. The number of fused-ring (bicyclic) bond motifs is 1. The van der Waals surface area contributed by atoms with Crippen LogP contribution in [0.1, 0.15) is 16.1 Å². The Balaban J connectivity index is 1.47. The van der Waals surface area contributed by atoms with Gasteiger partial charge in [0, 0.05) is 18.5 Å². The van der Waals surface area contributed by atoms with Crippen molar-refractivity contribution in [2.45, 2.75) is 6.92 Å². The zero-order chi connectivity index (χ0) is 19.7. The van der Waals surface area contributed by atoms with Crippen molar-refractivity contribution in [3.63, 3.8) is 0 Å². The highest BCUT2D eigenvalue weighted by molar-refractivity contribution is 8.14. The standard InChI is InChI=1S/C19H17N5O3S/c1-12-14(18(26)20-8-9-23-17(25)11-28-19(23)27)10-21-24(12)16-7-6-13-4-2-3-5-15(13)22-16/h2-7,10H,8-9,11H2,1H3,(H,20,26). The summed E-state index contributed by atoms with van der Waals surface area (Å²) in [6.07, 6.45) is 1.49. The largest absolute Gasteiger partial charge is 0.350 e. The number of carbonyl (C=O) groups excluding carboxylic acids is 3. The Hall–Kier alpha value is -3.20. The summed E-state index contributed by atoms with van der Waals surface area (Å²) in [5.41, 5.74) is 1.92. The maximum atomic E-state index is 12.5. The van der Waals surface area contributed by atoms with Crippen LogP contribution in [0.5, 0.6) is 0 Å². The maximum Gasteiger partial charge on any atom is 0.288 e. The van der Waals surface area contributed by atoms with Crippen LogP contribution in [0.25, 0.3) is 16.7 Å². The highest BCUT2D eigenvalue weighted by Crippen LogP contribution is 2.18. The van der Waals surface area contributed by atoms with Gasteiger partial charge in [0.2, 0.25) is 5.91 Å².